The number of rotatable bonds is 1. The molecule has 0 aromatic rings. The van der Waals surface area contributed by atoms with Crippen LogP contribution in [0.2, 0.25) is 0 Å². The van der Waals surface area contributed by atoms with Gasteiger partial charge < -0.3 is 5.32 Å². The minimum atomic E-state index is -0.264. The molecular formula is C10H11NO. The zero-order chi connectivity index (χ0) is 8.81. The average molecular weight is 161 g/mol. The minimum absolute atomic E-state index is 0.262. The number of carbonyl (C=O) groups excluding carboxylic acids is 1. The summed E-state index contributed by atoms with van der Waals surface area (Å²) < 4.78 is 0. The van der Waals surface area contributed by atoms with E-state index in [-0.39, 0.29) is 12.5 Å². The topological polar surface area (TPSA) is 29.1 Å². The van der Waals surface area contributed by atoms with Gasteiger partial charge in [0.05, 0.1) is 6.54 Å². The van der Waals surface area contributed by atoms with E-state index in [9.17, 15) is 4.79 Å². The normalized spacial score (nSPS) is 14.9. The van der Waals surface area contributed by atoms with Gasteiger partial charge in [-0.15, -0.1) is 6.42 Å². The summed E-state index contributed by atoms with van der Waals surface area (Å²) in [6.07, 6.45) is 8.47. The van der Waals surface area contributed by atoms with Crippen molar-refractivity contribution >= 4 is 5.91 Å². The third-order valence-electron chi connectivity index (χ3n) is 1.85. The maximum Gasteiger partial charge on any atom is 0.296 e. The second-order valence-corrected chi connectivity index (χ2v) is 2.78. The van der Waals surface area contributed by atoms with Gasteiger partial charge in [0.25, 0.3) is 5.91 Å². The Morgan fingerprint density at radius 3 is 2.83 bits per heavy atom. The Balaban J connectivity index is 2.23. The number of carbonyl (C=O) groups is 1. The molecule has 62 valence electrons. The van der Waals surface area contributed by atoms with Crippen molar-refractivity contribution in [1.29, 1.82) is 0 Å². The van der Waals surface area contributed by atoms with Crippen LogP contribution in [0.1, 0.15) is 19.3 Å². The van der Waals surface area contributed by atoms with Gasteiger partial charge in [0.2, 0.25) is 0 Å². The lowest BCUT2D eigenvalue weighted by molar-refractivity contribution is -0.115. The predicted octanol–water partition coefficient (Wildman–Crippen LogP) is 0.539. The largest absolute Gasteiger partial charge is 0.334 e. The molecule has 1 fully saturated rings. The molecule has 0 spiro atoms. The van der Waals surface area contributed by atoms with Gasteiger partial charge in [0.1, 0.15) is 0 Å². The van der Waals surface area contributed by atoms with Crippen LogP contribution in [0.5, 0.6) is 0 Å². The van der Waals surface area contributed by atoms with Crippen LogP contribution in [0.25, 0.3) is 0 Å². The summed E-state index contributed by atoms with van der Waals surface area (Å²) in [5.74, 6) is 7.92. The first-order valence-corrected chi connectivity index (χ1v) is 4.06. The third kappa shape index (κ3) is 2.68. The van der Waals surface area contributed by atoms with Gasteiger partial charge in [-0.3, -0.25) is 4.79 Å². The first kappa shape index (κ1) is 8.68. The number of terminal acetylenes is 1. The Hall–Kier alpha value is -1.41. The number of hydrogen-bond acceptors (Lipinski definition) is 1. The van der Waals surface area contributed by atoms with Gasteiger partial charge in [0, 0.05) is 5.92 Å². The Bertz CT molecular complexity index is 260. The first-order valence-electron chi connectivity index (χ1n) is 4.06. The summed E-state index contributed by atoms with van der Waals surface area (Å²) >= 11 is 0. The summed E-state index contributed by atoms with van der Waals surface area (Å²) in [5.41, 5.74) is 0. The Kier molecular flexibility index (Phi) is 3.23. The summed E-state index contributed by atoms with van der Waals surface area (Å²) in [6, 6.07) is 0. The molecule has 1 aliphatic rings. The summed E-state index contributed by atoms with van der Waals surface area (Å²) in [5, 5.41) is 2.49. The molecule has 1 rings (SSSR count). The Morgan fingerprint density at radius 1 is 1.58 bits per heavy atom. The highest BCUT2D eigenvalue weighted by atomic mass is 16.1. The highest BCUT2D eigenvalue weighted by molar-refractivity contribution is 5.93. The van der Waals surface area contributed by atoms with Gasteiger partial charge in [-0.25, -0.2) is 0 Å². The highest BCUT2D eigenvalue weighted by Crippen LogP contribution is 2.24. The quantitative estimate of drug-likeness (QED) is 0.559. The van der Waals surface area contributed by atoms with Crippen molar-refractivity contribution in [2.24, 2.45) is 5.92 Å². The van der Waals surface area contributed by atoms with Gasteiger partial charge >= 0.3 is 0 Å². The van der Waals surface area contributed by atoms with Gasteiger partial charge in [-0.2, -0.15) is 0 Å². The Morgan fingerprint density at radius 2 is 2.33 bits per heavy atom. The molecular weight excluding hydrogens is 150 g/mol. The molecule has 0 aromatic heterocycles. The molecule has 1 N–H and O–H groups in total. The summed E-state index contributed by atoms with van der Waals surface area (Å²) in [6.45, 7) is 0.262. The van der Waals surface area contributed by atoms with Crippen molar-refractivity contribution in [3.8, 4) is 24.2 Å². The molecule has 1 aliphatic carbocycles. The smallest absolute Gasteiger partial charge is 0.296 e. The van der Waals surface area contributed by atoms with Crippen molar-refractivity contribution in [1.82, 2.24) is 5.32 Å². The zero-order valence-electron chi connectivity index (χ0n) is 6.89. The van der Waals surface area contributed by atoms with E-state index in [1.807, 2.05) is 0 Å². The van der Waals surface area contributed by atoms with E-state index in [1.54, 1.807) is 0 Å². The molecule has 12 heavy (non-hydrogen) atoms. The third-order valence-corrected chi connectivity index (χ3v) is 1.85. The SMILES string of the molecule is C#CCNC(=O)C#CC1CCC1. The van der Waals surface area contributed by atoms with E-state index in [0.717, 1.165) is 12.8 Å². The van der Waals surface area contributed by atoms with E-state index in [0.29, 0.717) is 5.92 Å². The fraction of sp³-hybridized carbons (Fsp3) is 0.500. The van der Waals surface area contributed by atoms with Crippen molar-refractivity contribution in [3.05, 3.63) is 0 Å². The standard InChI is InChI=1S/C10H11NO/c1-2-8-11-10(12)7-6-9-4-3-5-9/h1,9H,3-5,8H2,(H,11,12). The lowest BCUT2D eigenvalue weighted by atomic mass is 9.86. The van der Waals surface area contributed by atoms with E-state index in [1.165, 1.54) is 6.42 Å². The Labute approximate surface area is 72.7 Å². The minimum Gasteiger partial charge on any atom is -0.334 e. The second-order valence-electron chi connectivity index (χ2n) is 2.78. The van der Waals surface area contributed by atoms with Crippen LogP contribution in [0.4, 0.5) is 0 Å². The number of nitrogens with one attached hydrogen (secondary N) is 1. The molecule has 0 heterocycles. The van der Waals surface area contributed by atoms with Crippen LogP contribution in [-0.4, -0.2) is 12.5 Å². The molecule has 0 radical (unpaired) electrons. The van der Waals surface area contributed by atoms with Gasteiger partial charge in [0.15, 0.2) is 0 Å². The lowest BCUT2D eigenvalue weighted by Gasteiger charge is -2.18. The molecule has 0 atom stereocenters. The molecule has 2 heteroatoms. The fourth-order valence-electron chi connectivity index (χ4n) is 0.896. The predicted molar refractivity (Wildman–Crippen MR) is 47.0 cm³/mol. The maximum atomic E-state index is 10.9. The van der Waals surface area contributed by atoms with Gasteiger partial charge in [-0.1, -0.05) is 18.3 Å². The van der Waals surface area contributed by atoms with Crippen molar-refractivity contribution in [2.75, 3.05) is 6.54 Å². The zero-order valence-corrected chi connectivity index (χ0v) is 6.89. The fourth-order valence-corrected chi connectivity index (χ4v) is 0.896. The molecule has 0 aliphatic heterocycles. The molecule has 0 unspecified atom stereocenters. The average Bonchev–Trinajstić information content (AvgIpc) is 1.98. The van der Waals surface area contributed by atoms with E-state index in [2.05, 4.69) is 23.1 Å². The van der Waals surface area contributed by atoms with E-state index < -0.39 is 0 Å². The van der Waals surface area contributed by atoms with Crippen LogP contribution in [0, 0.1) is 30.1 Å². The van der Waals surface area contributed by atoms with Crippen LogP contribution < -0.4 is 5.32 Å². The lowest BCUT2D eigenvalue weighted by Crippen LogP contribution is -2.22. The van der Waals surface area contributed by atoms with Crippen LogP contribution >= 0.6 is 0 Å². The molecule has 2 nitrogen and oxygen atoms in total. The summed E-state index contributed by atoms with van der Waals surface area (Å²) in [4.78, 5) is 10.9. The van der Waals surface area contributed by atoms with E-state index in [4.69, 9.17) is 6.42 Å². The van der Waals surface area contributed by atoms with E-state index >= 15 is 0 Å². The van der Waals surface area contributed by atoms with Crippen LogP contribution in [0.15, 0.2) is 0 Å². The number of hydrogen-bond donors (Lipinski definition) is 1. The second kappa shape index (κ2) is 4.46. The van der Waals surface area contributed by atoms with Crippen LogP contribution in [0.3, 0.4) is 0 Å². The van der Waals surface area contributed by atoms with Gasteiger partial charge in [-0.05, 0) is 18.8 Å². The molecule has 0 saturated heterocycles. The molecule has 1 saturated carbocycles. The van der Waals surface area contributed by atoms with Crippen molar-refractivity contribution < 1.29 is 4.79 Å². The van der Waals surface area contributed by atoms with Crippen LogP contribution in [-0.2, 0) is 4.79 Å². The molecule has 0 bridgehead atoms. The summed E-state index contributed by atoms with van der Waals surface area (Å²) in [7, 11) is 0. The molecule has 1 amide bonds. The number of amides is 1. The van der Waals surface area contributed by atoms with Crippen molar-refractivity contribution in [2.45, 2.75) is 19.3 Å². The highest BCUT2D eigenvalue weighted by Gasteiger charge is 2.13. The maximum absolute atomic E-state index is 10.9. The first-order chi connectivity index (χ1) is 5.83. The molecule has 0 aromatic carbocycles. The monoisotopic (exact) mass is 161 g/mol. The van der Waals surface area contributed by atoms with Crippen molar-refractivity contribution in [3.63, 3.8) is 0 Å².